The van der Waals surface area contributed by atoms with Crippen LogP contribution in [0.4, 0.5) is 0 Å². The molecular formula is C18H20N4O5. The van der Waals surface area contributed by atoms with E-state index in [4.69, 9.17) is 9.47 Å². The third-order valence-electron chi connectivity index (χ3n) is 4.24. The lowest BCUT2D eigenvalue weighted by atomic mass is 10.2. The number of ether oxygens (including phenoxy) is 2. The molecule has 3 rings (SSSR count). The molecule has 1 amide bonds. The Morgan fingerprint density at radius 3 is 2.48 bits per heavy atom. The van der Waals surface area contributed by atoms with Gasteiger partial charge in [-0.15, -0.1) is 0 Å². The minimum Gasteiger partial charge on any atom is -0.354 e. The SMILES string of the molecule is COC(CNC(=O)c1cn(C)c2c(=O)n(-c3ccccc3)c(=O)[nH]c12)OC. The third-order valence-corrected chi connectivity index (χ3v) is 4.24. The number of nitrogens with zero attached hydrogens (tertiary/aromatic N) is 2. The van der Waals surface area contributed by atoms with E-state index in [0.717, 1.165) is 4.57 Å². The Kier molecular flexibility index (Phi) is 5.24. The van der Waals surface area contributed by atoms with E-state index < -0.39 is 23.4 Å². The van der Waals surface area contributed by atoms with Gasteiger partial charge in [0.05, 0.1) is 23.3 Å². The second kappa shape index (κ2) is 7.60. The molecule has 0 fully saturated rings. The monoisotopic (exact) mass is 372 g/mol. The van der Waals surface area contributed by atoms with Gasteiger partial charge in [0.2, 0.25) is 0 Å². The Bertz CT molecular complexity index is 1080. The van der Waals surface area contributed by atoms with Gasteiger partial charge in [-0.05, 0) is 12.1 Å². The molecule has 9 nitrogen and oxygen atoms in total. The summed E-state index contributed by atoms with van der Waals surface area (Å²) in [5.41, 5.74) is -0.0882. The van der Waals surface area contributed by atoms with Crippen molar-refractivity contribution in [3.8, 4) is 5.69 Å². The highest BCUT2D eigenvalue weighted by Gasteiger charge is 2.20. The predicted octanol–water partition coefficient (Wildman–Crippen LogP) is 0.366. The zero-order valence-corrected chi connectivity index (χ0v) is 15.2. The van der Waals surface area contributed by atoms with Crippen LogP contribution in [-0.2, 0) is 16.5 Å². The molecule has 0 radical (unpaired) electrons. The van der Waals surface area contributed by atoms with Crippen LogP contribution in [0.15, 0.2) is 46.1 Å². The van der Waals surface area contributed by atoms with Crippen molar-refractivity contribution in [2.75, 3.05) is 20.8 Å². The second-order valence-electron chi connectivity index (χ2n) is 5.89. The van der Waals surface area contributed by atoms with Crippen molar-refractivity contribution in [3.05, 3.63) is 62.9 Å². The number of fused-ring (bicyclic) bond motifs is 1. The molecule has 142 valence electrons. The van der Waals surface area contributed by atoms with E-state index in [1.807, 2.05) is 0 Å². The van der Waals surface area contributed by atoms with Crippen molar-refractivity contribution in [2.45, 2.75) is 6.29 Å². The van der Waals surface area contributed by atoms with Crippen LogP contribution in [0.3, 0.4) is 0 Å². The number of hydrogen-bond donors (Lipinski definition) is 2. The van der Waals surface area contributed by atoms with Gasteiger partial charge in [-0.2, -0.15) is 0 Å². The Labute approximate surface area is 154 Å². The normalized spacial score (nSPS) is 11.3. The number of aromatic nitrogens is 3. The van der Waals surface area contributed by atoms with Crippen LogP contribution in [0, 0.1) is 0 Å². The van der Waals surface area contributed by atoms with Crippen molar-refractivity contribution in [1.82, 2.24) is 19.4 Å². The van der Waals surface area contributed by atoms with E-state index in [2.05, 4.69) is 10.3 Å². The minimum atomic E-state index is -0.620. The molecule has 0 atom stereocenters. The third kappa shape index (κ3) is 3.42. The lowest BCUT2D eigenvalue weighted by Crippen LogP contribution is -2.35. The van der Waals surface area contributed by atoms with Crippen molar-refractivity contribution in [3.63, 3.8) is 0 Å². The maximum atomic E-state index is 12.9. The fourth-order valence-corrected chi connectivity index (χ4v) is 2.89. The maximum absolute atomic E-state index is 12.9. The van der Waals surface area contributed by atoms with E-state index >= 15 is 0 Å². The number of para-hydroxylation sites is 1. The molecule has 9 heteroatoms. The van der Waals surface area contributed by atoms with Crippen LogP contribution in [0.5, 0.6) is 0 Å². The number of H-pyrrole nitrogens is 1. The zero-order chi connectivity index (χ0) is 19.6. The van der Waals surface area contributed by atoms with Gasteiger partial charge in [0.15, 0.2) is 6.29 Å². The first-order valence-electron chi connectivity index (χ1n) is 8.21. The second-order valence-corrected chi connectivity index (χ2v) is 5.89. The van der Waals surface area contributed by atoms with Crippen molar-refractivity contribution in [2.24, 2.45) is 7.05 Å². The number of carbonyl (C=O) groups is 1. The molecule has 3 aromatic rings. The zero-order valence-electron chi connectivity index (χ0n) is 15.2. The first kappa shape index (κ1) is 18.6. The Morgan fingerprint density at radius 2 is 1.85 bits per heavy atom. The molecule has 0 unspecified atom stereocenters. The van der Waals surface area contributed by atoms with E-state index in [1.165, 1.54) is 25.0 Å². The highest BCUT2D eigenvalue weighted by Crippen LogP contribution is 2.15. The fourth-order valence-electron chi connectivity index (χ4n) is 2.89. The fraction of sp³-hybridized carbons (Fsp3) is 0.278. The van der Waals surface area contributed by atoms with Crippen LogP contribution in [0.2, 0.25) is 0 Å². The predicted molar refractivity (Wildman–Crippen MR) is 99.3 cm³/mol. The molecule has 0 aliphatic rings. The highest BCUT2D eigenvalue weighted by molar-refractivity contribution is 6.05. The number of rotatable bonds is 6. The molecule has 2 N–H and O–H groups in total. The molecule has 0 saturated carbocycles. The van der Waals surface area contributed by atoms with Crippen LogP contribution in [-0.4, -0.2) is 47.1 Å². The van der Waals surface area contributed by atoms with Gasteiger partial charge in [0.1, 0.15) is 5.52 Å². The molecule has 0 aliphatic heterocycles. The molecule has 0 aliphatic carbocycles. The number of hydrogen-bond acceptors (Lipinski definition) is 5. The Morgan fingerprint density at radius 1 is 1.19 bits per heavy atom. The molecule has 27 heavy (non-hydrogen) atoms. The van der Waals surface area contributed by atoms with E-state index in [1.54, 1.807) is 37.4 Å². The van der Waals surface area contributed by atoms with Crippen LogP contribution < -0.4 is 16.6 Å². The number of nitrogens with one attached hydrogen (secondary N) is 2. The first-order valence-corrected chi connectivity index (χ1v) is 8.21. The standard InChI is InChI=1S/C18H20N4O5/c1-21-10-12(16(23)19-9-13(26-2)27-3)14-15(21)17(24)22(18(25)20-14)11-7-5-4-6-8-11/h4-8,10,13H,9H2,1-3H3,(H,19,23)(H,20,25). The number of benzene rings is 1. The number of aryl methyl sites for hydroxylation is 1. The number of amides is 1. The topological polar surface area (TPSA) is 107 Å². The van der Waals surface area contributed by atoms with Crippen LogP contribution >= 0.6 is 0 Å². The average molecular weight is 372 g/mol. The molecule has 0 spiro atoms. The number of methoxy groups -OCH3 is 2. The number of aromatic amines is 1. The molecule has 1 aromatic carbocycles. The maximum Gasteiger partial charge on any atom is 0.333 e. The highest BCUT2D eigenvalue weighted by atomic mass is 16.7. The average Bonchev–Trinajstić information content (AvgIpc) is 2.99. The molecule has 2 aromatic heterocycles. The summed E-state index contributed by atoms with van der Waals surface area (Å²) in [5, 5.41) is 2.66. The Hall–Kier alpha value is -3.17. The van der Waals surface area contributed by atoms with E-state index in [-0.39, 0.29) is 23.1 Å². The van der Waals surface area contributed by atoms with Gasteiger partial charge >= 0.3 is 5.69 Å². The largest absolute Gasteiger partial charge is 0.354 e. The van der Waals surface area contributed by atoms with Gasteiger partial charge in [0, 0.05) is 27.5 Å². The quantitative estimate of drug-likeness (QED) is 0.608. The molecule has 2 heterocycles. The molecular weight excluding hydrogens is 352 g/mol. The summed E-state index contributed by atoms with van der Waals surface area (Å²) in [5.74, 6) is -0.452. The van der Waals surface area contributed by atoms with Crippen LogP contribution in [0.1, 0.15) is 10.4 Å². The van der Waals surface area contributed by atoms with E-state index in [9.17, 15) is 14.4 Å². The van der Waals surface area contributed by atoms with Gasteiger partial charge in [0.25, 0.3) is 11.5 Å². The lowest BCUT2D eigenvalue weighted by molar-refractivity contribution is -0.0974. The summed E-state index contributed by atoms with van der Waals surface area (Å²) in [7, 11) is 4.56. The Balaban J connectivity index is 2.07. The van der Waals surface area contributed by atoms with Gasteiger partial charge in [-0.3, -0.25) is 9.59 Å². The first-order chi connectivity index (χ1) is 13.0. The summed E-state index contributed by atoms with van der Waals surface area (Å²) in [4.78, 5) is 40.6. The molecule has 0 saturated heterocycles. The van der Waals surface area contributed by atoms with Crippen molar-refractivity contribution in [1.29, 1.82) is 0 Å². The van der Waals surface area contributed by atoms with E-state index in [0.29, 0.717) is 5.69 Å². The van der Waals surface area contributed by atoms with Crippen molar-refractivity contribution >= 4 is 16.9 Å². The smallest absolute Gasteiger partial charge is 0.333 e. The summed E-state index contributed by atoms with van der Waals surface area (Å²) in [6.07, 6.45) is 0.902. The van der Waals surface area contributed by atoms with Gasteiger partial charge in [-0.1, -0.05) is 18.2 Å². The summed E-state index contributed by atoms with van der Waals surface area (Å²) < 4.78 is 12.6. The molecule has 0 bridgehead atoms. The minimum absolute atomic E-state index is 0.119. The summed E-state index contributed by atoms with van der Waals surface area (Å²) >= 11 is 0. The number of carbonyl (C=O) groups excluding carboxylic acids is 1. The summed E-state index contributed by atoms with van der Waals surface area (Å²) in [6.45, 7) is 0.119. The lowest BCUT2D eigenvalue weighted by Gasteiger charge is -2.13. The van der Waals surface area contributed by atoms with Gasteiger partial charge in [-0.25, -0.2) is 9.36 Å². The van der Waals surface area contributed by atoms with Gasteiger partial charge < -0.3 is 24.3 Å². The van der Waals surface area contributed by atoms with Crippen LogP contribution in [0.25, 0.3) is 16.7 Å². The van der Waals surface area contributed by atoms with Crippen molar-refractivity contribution < 1.29 is 14.3 Å². The summed E-state index contributed by atoms with van der Waals surface area (Å²) in [6, 6.07) is 8.58.